The quantitative estimate of drug-likeness (QED) is 0.660. The lowest BCUT2D eigenvalue weighted by molar-refractivity contribution is -0.384. The molecule has 1 heterocycles. The number of likely N-dealkylation sites (tertiary alicyclic amines) is 1. The zero-order chi connectivity index (χ0) is 15.4. The third kappa shape index (κ3) is 3.62. The molecular formula is C14H20N4O3. The van der Waals surface area contributed by atoms with Gasteiger partial charge in [0.2, 0.25) is 5.91 Å². The minimum Gasteiger partial charge on any atom is -0.388 e. The molecule has 0 atom stereocenters. The number of likely N-dealkylation sites (N-methyl/N-ethyl adjacent to an activating group) is 1. The minimum absolute atomic E-state index is 0.0114. The van der Waals surface area contributed by atoms with Crippen molar-refractivity contribution < 1.29 is 9.72 Å². The Morgan fingerprint density at radius 2 is 2.05 bits per heavy atom. The van der Waals surface area contributed by atoms with Gasteiger partial charge in [-0.1, -0.05) is 0 Å². The first-order valence-corrected chi connectivity index (χ1v) is 6.97. The largest absolute Gasteiger partial charge is 0.388 e. The van der Waals surface area contributed by atoms with Gasteiger partial charge in [-0.05, 0) is 18.9 Å². The van der Waals surface area contributed by atoms with Crippen molar-refractivity contribution in [3.8, 4) is 0 Å². The molecule has 1 N–H and O–H groups in total. The third-order valence-electron chi connectivity index (χ3n) is 3.67. The smallest absolute Gasteiger partial charge is 0.273 e. The summed E-state index contributed by atoms with van der Waals surface area (Å²) in [6.45, 7) is 1.84. The molecule has 0 spiro atoms. The molecule has 1 fully saturated rings. The maximum absolute atomic E-state index is 12.1. The first-order chi connectivity index (χ1) is 10.0. The number of amides is 1. The van der Waals surface area contributed by atoms with Crippen molar-refractivity contribution in [1.29, 1.82) is 0 Å². The van der Waals surface area contributed by atoms with Crippen LogP contribution in [0.15, 0.2) is 18.2 Å². The Labute approximate surface area is 123 Å². The van der Waals surface area contributed by atoms with Crippen molar-refractivity contribution in [3.05, 3.63) is 28.3 Å². The van der Waals surface area contributed by atoms with Gasteiger partial charge in [-0.3, -0.25) is 14.9 Å². The van der Waals surface area contributed by atoms with Crippen molar-refractivity contribution in [2.24, 2.45) is 0 Å². The van der Waals surface area contributed by atoms with E-state index in [-0.39, 0.29) is 18.1 Å². The fourth-order valence-electron chi connectivity index (χ4n) is 2.43. The number of hydrogen-bond donors (Lipinski definition) is 1. The Morgan fingerprint density at radius 1 is 1.38 bits per heavy atom. The second-order valence-electron chi connectivity index (χ2n) is 5.19. The van der Waals surface area contributed by atoms with E-state index in [1.807, 2.05) is 4.90 Å². The van der Waals surface area contributed by atoms with Crippen LogP contribution in [0.4, 0.5) is 17.1 Å². The maximum Gasteiger partial charge on any atom is 0.273 e. The highest BCUT2D eigenvalue weighted by Crippen LogP contribution is 2.26. The number of hydrogen-bond acceptors (Lipinski definition) is 5. The molecule has 1 saturated heterocycles. The fourth-order valence-corrected chi connectivity index (χ4v) is 2.43. The second kappa shape index (κ2) is 6.43. The van der Waals surface area contributed by atoms with Crippen molar-refractivity contribution in [2.45, 2.75) is 12.8 Å². The van der Waals surface area contributed by atoms with E-state index < -0.39 is 4.92 Å². The number of carbonyl (C=O) groups excluding carboxylic acids is 1. The monoisotopic (exact) mass is 292 g/mol. The van der Waals surface area contributed by atoms with Gasteiger partial charge >= 0.3 is 0 Å². The summed E-state index contributed by atoms with van der Waals surface area (Å²) in [5.74, 6) is 0.0625. The van der Waals surface area contributed by atoms with Crippen LogP contribution in [-0.2, 0) is 4.79 Å². The molecule has 0 saturated carbocycles. The van der Waals surface area contributed by atoms with E-state index in [1.54, 1.807) is 25.1 Å². The summed E-state index contributed by atoms with van der Waals surface area (Å²) >= 11 is 0. The minimum atomic E-state index is -0.430. The highest BCUT2D eigenvalue weighted by Gasteiger charge is 2.20. The van der Waals surface area contributed by atoms with Crippen LogP contribution < -0.4 is 10.2 Å². The van der Waals surface area contributed by atoms with Gasteiger partial charge in [0.05, 0.1) is 11.5 Å². The van der Waals surface area contributed by atoms with Crippen LogP contribution in [0.25, 0.3) is 0 Å². The standard InChI is InChI=1S/C14H20N4O3/c1-15-11-7-12(9-13(8-11)18(20)21)16(2)10-14(19)17-5-3-4-6-17/h7-9,15H,3-6,10H2,1-2H3. The summed E-state index contributed by atoms with van der Waals surface area (Å²) < 4.78 is 0. The lowest BCUT2D eigenvalue weighted by atomic mass is 10.2. The summed E-state index contributed by atoms with van der Waals surface area (Å²) in [5.41, 5.74) is 1.32. The normalized spacial score (nSPS) is 14.1. The van der Waals surface area contributed by atoms with Gasteiger partial charge in [-0.15, -0.1) is 0 Å². The van der Waals surface area contributed by atoms with Crippen molar-refractivity contribution in [3.63, 3.8) is 0 Å². The Balaban J connectivity index is 2.13. The number of nitrogens with one attached hydrogen (secondary N) is 1. The zero-order valence-electron chi connectivity index (χ0n) is 12.3. The SMILES string of the molecule is CNc1cc(N(C)CC(=O)N2CCCC2)cc([N+](=O)[O-])c1. The lowest BCUT2D eigenvalue weighted by Gasteiger charge is -2.23. The Morgan fingerprint density at radius 3 is 2.62 bits per heavy atom. The van der Waals surface area contributed by atoms with Gasteiger partial charge in [-0.2, -0.15) is 0 Å². The second-order valence-corrected chi connectivity index (χ2v) is 5.19. The number of nitro benzene ring substituents is 1. The van der Waals surface area contributed by atoms with Crippen LogP contribution in [0.2, 0.25) is 0 Å². The summed E-state index contributed by atoms with van der Waals surface area (Å²) in [7, 11) is 3.48. The van der Waals surface area contributed by atoms with Gasteiger partial charge in [0.15, 0.2) is 0 Å². The molecule has 0 aliphatic carbocycles. The van der Waals surface area contributed by atoms with E-state index in [0.29, 0.717) is 11.4 Å². The van der Waals surface area contributed by atoms with Crippen molar-refractivity contribution in [2.75, 3.05) is 43.9 Å². The van der Waals surface area contributed by atoms with Crippen LogP contribution in [0.3, 0.4) is 0 Å². The first kappa shape index (κ1) is 15.1. The lowest BCUT2D eigenvalue weighted by Crippen LogP contribution is -2.37. The number of nitrogens with zero attached hydrogens (tertiary/aromatic N) is 3. The Hall–Kier alpha value is -2.31. The predicted octanol–water partition coefficient (Wildman–Crippen LogP) is 1.70. The molecule has 7 nitrogen and oxygen atoms in total. The van der Waals surface area contributed by atoms with Gasteiger partial charge in [0.25, 0.3) is 5.69 Å². The Bertz CT molecular complexity index is 541. The van der Waals surface area contributed by atoms with Gasteiger partial charge < -0.3 is 15.1 Å². The number of carbonyl (C=O) groups is 1. The van der Waals surface area contributed by atoms with Crippen molar-refractivity contribution in [1.82, 2.24) is 4.90 Å². The molecule has 7 heteroatoms. The van der Waals surface area contributed by atoms with Crippen LogP contribution in [0, 0.1) is 10.1 Å². The van der Waals surface area contributed by atoms with E-state index in [9.17, 15) is 14.9 Å². The third-order valence-corrected chi connectivity index (χ3v) is 3.67. The molecular weight excluding hydrogens is 272 g/mol. The molecule has 0 aromatic heterocycles. The number of non-ortho nitro benzene ring substituents is 1. The number of rotatable bonds is 5. The molecule has 114 valence electrons. The molecule has 1 aliphatic rings. The molecule has 1 aromatic rings. The van der Waals surface area contributed by atoms with Crippen LogP contribution >= 0.6 is 0 Å². The van der Waals surface area contributed by atoms with Crippen LogP contribution in [0.1, 0.15) is 12.8 Å². The Kier molecular flexibility index (Phi) is 4.62. The molecule has 1 aliphatic heterocycles. The first-order valence-electron chi connectivity index (χ1n) is 6.97. The summed E-state index contributed by atoms with van der Waals surface area (Å²) in [6.07, 6.45) is 2.10. The molecule has 0 bridgehead atoms. The van der Waals surface area contributed by atoms with Gasteiger partial charge in [0.1, 0.15) is 0 Å². The molecule has 1 aromatic carbocycles. The predicted molar refractivity (Wildman–Crippen MR) is 81.7 cm³/mol. The van der Waals surface area contributed by atoms with E-state index in [1.165, 1.54) is 12.1 Å². The van der Waals surface area contributed by atoms with E-state index in [0.717, 1.165) is 25.9 Å². The van der Waals surface area contributed by atoms with Crippen molar-refractivity contribution >= 4 is 23.0 Å². The molecule has 0 radical (unpaired) electrons. The molecule has 1 amide bonds. The number of anilines is 2. The van der Waals surface area contributed by atoms with E-state index in [4.69, 9.17) is 0 Å². The molecule has 21 heavy (non-hydrogen) atoms. The van der Waals surface area contributed by atoms with Crippen LogP contribution in [0.5, 0.6) is 0 Å². The van der Waals surface area contributed by atoms with E-state index in [2.05, 4.69) is 5.32 Å². The van der Waals surface area contributed by atoms with E-state index >= 15 is 0 Å². The average molecular weight is 292 g/mol. The number of nitro groups is 1. The topological polar surface area (TPSA) is 78.7 Å². The summed E-state index contributed by atoms with van der Waals surface area (Å²) in [6, 6.07) is 4.75. The average Bonchev–Trinajstić information content (AvgIpc) is 3.00. The highest BCUT2D eigenvalue weighted by molar-refractivity contribution is 5.82. The zero-order valence-corrected chi connectivity index (χ0v) is 12.3. The fraction of sp³-hybridized carbons (Fsp3) is 0.500. The van der Waals surface area contributed by atoms with Gasteiger partial charge in [-0.25, -0.2) is 0 Å². The molecule has 2 rings (SSSR count). The summed E-state index contributed by atoms with van der Waals surface area (Å²) in [5, 5.41) is 13.9. The summed E-state index contributed by atoms with van der Waals surface area (Å²) in [4.78, 5) is 26.3. The van der Waals surface area contributed by atoms with Crippen LogP contribution in [-0.4, -0.2) is 49.5 Å². The molecule has 0 unspecified atom stereocenters. The number of benzene rings is 1. The maximum atomic E-state index is 12.1. The van der Waals surface area contributed by atoms with Gasteiger partial charge in [0, 0.05) is 50.7 Å². The highest BCUT2D eigenvalue weighted by atomic mass is 16.6.